The van der Waals surface area contributed by atoms with Crippen molar-refractivity contribution in [2.75, 3.05) is 19.5 Å². The van der Waals surface area contributed by atoms with Crippen LogP contribution in [0.15, 0.2) is 24.3 Å². The summed E-state index contributed by atoms with van der Waals surface area (Å²) in [6.07, 6.45) is -4.34. The van der Waals surface area contributed by atoms with Crippen LogP contribution in [0.3, 0.4) is 0 Å². The molecule has 0 radical (unpaired) electrons. The monoisotopic (exact) mass is 312 g/mol. The number of alkyl halides is 4. The second-order valence-electron chi connectivity index (χ2n) is 3.37. The Morgan fingerprint density at radius 3 is 1.71 bits per heavy atom. The van der Waals surface area contributed by atoms with Crippen molar-refractivity contribution in [2.45, 2.75) is 12.0 Å². The lowest BCUT2D eigenvalue weighted by atomic mass is 10.0. The third-order valence-electron chi connectivity index (χ3n) is 2.49. The van der Waals surface area contributed by atoms with Gasteiger partial charge >= 0.3 is 6.18 Å². The molecular formula is C11H12BrF3O2. The van der Waals surface area contributed by atoms with Crippen LogP contribution in [0.25, 0.3) is 0 Å². The average Bonchev–Trinajstić information content (AvgIpc) is 2.32. The average molecular weight is 313 g/mol. The molecular weight excluding hydrogens is 301 g/mol. The number of ether oxygens (including phenoxy) is 2. The van der Waals surface area contributed by atoms with E-state index in [2.05, 4.69) is 15.9 Å². The molecule has 0 N–H and O–H groups in total. The summed E-state index contributed by atoms with van der Waals surface area (Å²) in [6.45, 7) is 0. The van der Waals surface area contributed by atoms with Gasteiger partial charge in [0.15, 0.2) is 0 Å². The fraction of sp³-hybridized carbons (Fsp3) is 0.455. The van der Waals surface area contributed by atoms with E-state index in [1.807, 2.05) is 0 Å². The first-order valence-electron chi connectivity index (χ1n) is 4.73. The van der Waals surface area contributed by atoms with Gasteiger partial charge in [-0.2, -0.15) is 13.2 Å². The Balaban J connectivity index is 3.09. The molecule has 0 amide bonds. The molecule has 0 aliphatic carbocycles. The minimum atomic E-state index is -4.34. The lowest BCUT2D eigenvalue weighted by molar-refractivity contribution is -0.197. The number of methoxy groups -OCH3 is 2. The van der Waals surface area contributed by atoms with Crippen molar-refractivity contribution in [3.8, 4) is 0 Å². The Labute approximate surface area is 106 Å². The highest BCUT2D eigenvalue weighted by atomic mass is 79.9. The number of rotatable bonds is 4. The van der Waals surface area contributed by atoms with E-state index >= 15 is 0 Å². The molecule has 1 rings (SSSR count). The Kier molecular flexibility index (Phi) is 4.57. The normalized spacial score (nSPS) is 12.8. The van der Waals surface area contributed by atoms with Crippen molar-refractivity contribution in [1.29, 1.82) is 0 Å². The zero-order valence-corrected chi connectivity index (χ0v) is 10.9. The van der Waals surface area contributed by atoms with Gasteiger partial charge in [0.05, 0.1) is 10.9 Å². The van der Waals surface area contributed by atoms with Crippen molar-refractivity contribution < 1.29 is 22.6 Å². The molecule has 6 heteroatoms. The van der Waals surface area contributed by atoms with Gasteiger partial charge in [0.2, 0.25) is 5.79 Å². The Hall–Kier alpha value is -0.590. The van der Waals surface area contributed by atoms with E-state index in [0.29, 0.717) is 10.9 Å². The van der Waals surface area contributed by atoms with Crippen LogP contribution in [0.4, 0.5) is 13.2 Å². The predicted octanol–water partition coefficient (Wildman–Crippen LogP) is 3.55. The van der Waals surface area contributed by atoms with E-state index in [9.17, 15) is 13.2 Å². The van der Waals surface area contributed by atoms with E-state index in [1.54, 1.807) is 0 Å². The second-order valence-corrected chi connectivity index (χ2v) is 3.93. The molecule has 0 saturated carbocycles. The van der Waals surface area contributed by atoms with Crippen LogP contribution < -0.4 is 0 Å². The molecule has 0 atom stereocenters. The number of hydrogen-bond donors (Lipinski definition) is 0. The van der Waals surface area contributed by atoms with Gasteiger partial charge in [0, 0.05) is 19.8 Å². The van der Waals surface area contributed by atoms with E-state index in [4.69, 9.17) is 9.47 Å². The first kappa shape index (κ1) is 14.5. The third-order valence-corrected chi connectivity index (χ3v) is 3.23. The van der Waals surface area contributed by atoms with Crippen LogP contribution in [-0.2, 0) is 21.4 Å². The molecule has 0 aliphatic rings. The summed E-state index contributed by atoms with van der Waals surface area (Å²) in [7, 11) is 2.87. The molecule has 0 unspecified atom stereocenters. The zero-order chi connectivity index (χ0) is 13.1. The first-order valence-corrected chi connectivity index (χ1v) is 5.86. The lowest BCUT2D eigenvalue weighted by Crippen LogP contribution is -2.32. The largest absolute Gasteiger partial charge is 0.416 e. The highest BCUT2D eigenvalue weighted by molar-refractivity contribution is 9.09. The lowest BCUT2D eigenvalue weighted by Gasteiger charge is -2.29. The van der Waals surface area contributed by atoms with Crippen molar-refractivity contribution in [3.05, 3.63) is 35.4 Å². The molecule has 0 aliphatic heterocycles. The van der Waals surface area contributed by atoms with Crippen LogP contribution in [0.5, 0.6) is 0 Å². The van der Waals surface area contributed by atoms with Crippen molar-refractivity contribution in [1.82, 2.24) is 0 Å². The number of hydrogen-bond acceptors (Lipinski definition) is 2. The predicted molar refractivity (Wildman–Crippen MR) is 60.9 cm³/mol. The van der Waals surface area contributed by atoms with Crippen molar-refractivity contribution in [2.24, 2.45) is 0 Å². The summed E-state index contributed by atoms with van der Waals surface area (Å²) in [5.41, 5.74) is -0.177. The molecule has 0 fully saturated rings. The summed E-state index contributed by atoms with van der Waals surface area (Å²) < 4.78 is 47.6. The van der Waals surface area contributed by atoms with Crippen LogP contribution in [0.2, 0.25) is 0 Å². The quantitative estimate of drug-likeness (QED) is 0.625. The van der Waals surface area contributed by atoms with E-state index in [0.717, 1.165) is 12.1 Å². The van der Waals surface area contributed by atoms with E-state index in [-0.39, 0.29) is 0 Å². The Morgan fingerprint density at radius 2 is 1.41 bits per heavy atom. The molecule has 0 spiro atoms. The smallest absolute Gasteiger partial charge is 0.349 e. The number of halogens is 4. The maximum Gasteiger partial charge on any atom is 0.416 e. The van der Waals surface area contributed by atoms with Gasteiger partial charge in [-0.15, -0.1) is 0 Å². The fourth-order valence-electron chi connectivity index (χ4n) is 1.42. The SMILES string of the molecule is COC(CBr)(OC)c1ccc(C(F)(F)F)cc1. The molecule has 96 valence electrons. The standard InChI is InChI=1S/C11H12BrF3O2/c1-16-10(7-12,17-2)8-3-5-9(6-4-8)11(13,14)15/h3-6H,7H2,1-2H3. The fourth-order valence-corrected chi connectivity index (χ4v) is 2.20. The topological polar surface area (TPSA) is 18.5 Å². The van der Waals surface area contributed by atoms with Gasteiger partial charge in [0.25, 0.3) is 0 Å². The minimum absolute atomic E-state index is 0.318. The summed E-state index contributed by atoms with van der Waals surface area (Å²) in [5, 5.41) is 0.318. The number of benzene rings is 1. The van der Waals surface area contributed by atoms with Gasteiger partial charge in [-0.25, -0.2) is 0 Å². The minimum Gasteiger partial charge on any atom is -0.349 e. The molecule has 2 nitrogen and oxygen atoms in total. The zero-order valence-electron chi connectivity index (χ0n) is 9.34. The maximum atomic E-state index is 12.4. The van der Waals surface area contributed by atoms with E-state index < -0.39 is 17.5 Å². The molecule has 0 saturated heterocycles. The van der Waals surface area contributed by atoms with Crippen LogP contribution in [-0.4, -0.2) is 19.5 Å². The van der Waals surface area contributed by atoms with Gasteiger partial charge in [-0.1, -0.05) is 28.1 Å². The summed E-state index contributed by atoms with van der Waals surface area (Å²) in [6, 6.07) is 4.70. The third kappa shape index (κ3) is 3.00. The first-order chi connectivity index (χ1) is 7.89. The Morgan fingerprint density at radius 1 is 1.00 bits per heavy atom. The van der Waals surface area contributed by atoms with Gasteiger partial charge in [-0.3, -0.25) is 0 Å². The van der Waals surface area contributed by atoms with Gasteiger partial charge in [0.1, 0.15) is 0 Å². The summed E-state index contributed by atoms with van der Waals surface area (Å²) >= 11 is 3.22. The van der Waals surface area contributed by atoms with Gasteiger partial charge in [-0.05, 0) is 12.1 Å². The molecule has 1 aromatic carbocycles. The van der Waals surface area contributed by atoms with Crippen molar-refractivity contribution in [3.63, 3.8) is 0 Å². The molecule has 0 bridgehead atoms. The highest BCUT2D eigenvalue weighted by Crippen LogP contribution is 2.33. The van der Waals surface area contributed by atoms with Crippen molar-refractivity contribution >= 4 is 15.9 Å². The molecule has 0 aromatic heterocycles. The van der Waals surface area contributed by atoms with Crippen LogP contribution in [0, 0.1) is 0 Å². The van der Waals surface area contributed by atoms with Gasteiger partial charge < -0.3 is 9.47 Å². The summed E-state index contributed by atoms with van der Waals surface area (Å²) in [5.74, 6) is -1.07. The molecule has 17 heavy (non-hydrogen) atoms. The maximum absolute atomic E-state index is 12.4. The second kappa shape index (κ2) is 5.37. The van der Waals surface area contributed by atoms with Crippen LogP contribution in [0.1, 0.15) is 11.1 Å². The van der Waals surface area contributed by atoms with E-state index in [1.165, 1.54) is 26.4 Å². The Bertz CT molecular complexity index is 350. The van der Waals surface area contributed by atoms with Crippen LogP contribution >= 0.6 is 15.9 Å². The highest BCUT2D eigenvalue weighted by Gasteiger charge is 2.34. The summed E-state index contributed by atoms with van der Waals surface area (Å²) in [4.78, 5) is 0. The molecule has 0 heterocycles. The molecule has 1 aromatic rings.